The van der Waals surface area contributed by atoms with Crippen molar-refractivity contribution < 1.29 is 37.1 Å². The number of sulfonamides is 1. The summed E-state index contributed by atoms with van der Waals surface area (Å²) in [6.07, 6.45) is 6.04. The number of hydrogen-bond acceptors (Lipinski definition) is 9. The van der Waals surface area contributed by atoms with Gasteiger partial charge in [0, 0.05) is 23.9 Å². The van der Waals surface area contributed by atoms with Crippen molar-refractivity contribution in [3.05, 3.63) is 48.7 Å². The molecule has 6 rings (SSSR count). The highest BCUT2D eigenvalue weighted by Gasteiger charge is 2.62. The number of amides is 4. The molecule has 1 saturated heterocycles. The highest BCUT2D eigenvalue weighted by molar-refractivity contribution is 14.1. The molecular weight excluding hydrogens is 777 g/mol. The maximum Gasteiger partial charge on any atom is 0.407 e. The number of benzene rings is 1. The first-order valence-electron chi connectivity index (χ1n) is 17.1. The normalized spacial score (nSPS) is 29.2. The summed E-state index contributed by atoms with van der Waals surface area (Å²) < 4.78 is 38.9. The molecule has 15 heteroatoms. The Bertz CT molecular complexity index is 1810. The van der Waals surface area contributed by atoms with Gasteiger partial charge in [0.1, 0.15) is 27.8 Å². The van der Waals surface area contributed by atoms with Gasteiger partial charge < -0.3 is 25.0 Å². The van der Waals surface area contributed by atoms with Crippen molar-refractivity contribution in [3.8, 4) is 5.88 Å². The minimum atomic E-state index is -3.89. The highest BCUT2D eigenvalue weighted by atomic mass is 127. The molecule has 3 heterocycles. The molecule has 2 saturated carbocycles. The predicted molar refractivity (Wildman–Crippen MR) is 194 cm³/mol. The average Bonchev–Trinajstić information content (AvgIpc) is 3.98. The van der Waals surface area contributed by atoms with Crippen LogP contribution in [-0.2, 0) is 35.6 Å². The Labute approximate surface area is 305 Å². The lowest BCUT2D eigenvalue weighted by Crippen LogP contribution is -2.61. The summed E-state index contributed by atoms with van der Waals surface area (Å²) in [5, 5.41) is 6.67. The molecule has 6 atom stereocenters. The van der Waals surface area contributed by atoms with E-state index in [2.05, 4.69) is 55.6 Å². The summed E-state index contributed by atoms with van der Waals surface area (Å²) in [5.74, 6) is -2.15. The number of nitrogens with zero attached hydrogens (tertiary/aromatic N) is 2. The van der Waals surface area contributed by atoms with Gasteiger partial charge in [-0.15, -0.1) is 6.58 Å². The second kappa shape index (κ2) is 13.9. The highest BCUT2D eigenvalue weighted by Crippen LogP contribution is 2.46. The fourth-order valence-electron chi connectivity index (χ4n) is 6.74. The number of carbonyl (C=O) groups excluding carboxylic acids is 4. The van der Waals surface area contributed by atoms with E-state index < -0.39 is 78.2 Å². The van der Waals surface area contributed by atoms with Crippen molar-refractivity contribution in [2.75, 3.05) is 6.61 Å². The van der Waals surface area contributed by atoms with Crippen LogP contribution in [0, 0.1) is 11.3 Å². The van der Waals surface area contributed by atoms with E-state index >= 15 is 0 Å². The first-order valence-corrected chi connectivity index (χ1v) is 19.9. The number of alkyl halides is 1. The molecule has 13 nitrogen and oxygen atoms in total. The Morgan fingerprint density at radius 2 is 1.92 bits per heavy atom. The summed E-state index contributed by atoms with van der Waals surface area (Å²) in [7, 11) is -3.89. The number of carbonyl (C=O) groups is 4. The minimum Gasteiger partial charge on any atom is -0.471 e. The van der Waals surface area contributed by atoms with Gasteiger partial charge in [0.2, 0.25) is 27.7 Å². The Kier molecular flexibility index (Phi) is 10.1. The summed E-state index contributed by atoms with van der Waals surface area (Å²) >= 11 is 2.07. The minimum absolute atomic E-state index is 0.0427. The maximum atomic E-state index is 14.6. The second-order valence-electron chi connectivity index (χ2n) is 14.8. The number of rotatable bonds is 6. The number of fused-ring (bicyclic) bond motifs is 3. The molecule has 4 amide bonds. The number of hydrogen-bond donors (Lipinski definition) is 3. The number of ether oxygens (including phenoxy) is 2. The summed E-state index contributed by atoms with van der Waals surface area (Å²) in [5.41, 5.74) is -1.23. The van der Waals surface area contributed by atoms with Gasteiger partial charge in [-0.25, -0.2) is 18.2 Å². The molecule has 0 unspecified atom stereocenters. The molecule has 50 heavy (non-hydrogen) atoms. The lowest BCUT2D eigenvalue weighted by Gasteiger charge is -2.37. The van der Waals surface area contributed by atoms with E-state index in [-0.39, 0.29) is 19.4 Å². The lowest BCUT2D eigenvalue weighted by atomic mass is 9.85. The Hall–Kier alpha value is -3.47. The first-order chi connectivity index (χ1) is 23.6. The smallest absolute Gasteiger partial charge is 0.407 e. The van der Waals surface area contributed by atoms with E-state index in [0.29, 0.717) is 25.1 Å². The average molecular weight is 822 g/mol. The van der Waals surface area contributed by atoms with Gasteiger partial charge in [-0.1, -0.05) is 61.6 Å². The van der Waals surface area contributed by atoms with Crippen LogP contribution >= 0.6 is 22.6 Å². The molecule has 1 aromatic heterocycles. The molecule has 4 aliphatic rings. The van der Waals surface area contributed by atoms with E-state index in [0.717, 1.165) is 35.6 Å². The zero-order chi connectivity index (χ0) is 36.0. The summed E-state index contributed by atoms with van der Waals surface area (Å²) in [4.78, 5) is 61.3. The largest absolute Gasteiger partial charge is 0.471 e. The van der Waals surface area contributed by atoms with Crippen LogP contribution in [0.5, 0.6) is 5.88 Å². The van der Waals surface area contributed by atoms with Crippen LogP contribution in [0.25, 0.3) is 10.8 Å². The van der Waals surface area contributed by atoms with Crippen LogP contribution < -0.4 is 20.1 Å². The third-order valence-corrected chi connectivity index (χ3v) is 13.2. The van der Waals surface area contributed by atoms with E-state index in [1.165, 1.54) is 11.0 Å². The number of pyridine rings is 1. The Morgan fingerprint density at radius 1 is 1.16 bits per heavy atom. The van der Waals surface area contributed by atoms with Crippen LogP contribution in [-0.4, -0.2) is 81.7 Å². The topological polar surface area (TPSA) is 173 Å². The molecular formula is C35H44IN5O8S. The summed E-state index contributed by atoms with van der Waals surface area (Å²) in [6.45, 7) is 9.38. The number of aryl methyl sites for hydroxylation is 1. The van der Waals surface area contributed by atoms with Crippen LogP contribution in [0.15, 0.2) is 43.1 Å². The fraction of sp³-hybridized carbons (Fsp3) is 0.571. The molecule has 1 aromatic carbocycles. The van der Waals surface area contributed by atoms with E-state index in [1.54, 1.807) is 27.0 Å². The molecule has 4 bridgehead atoms. The third kappa shape index (κ3) is 7.44. The molecule has 3 N–H and O–H groups in total. The number of alkyl carbamates (subject to hydrolysis) is 1. The molecule has 3 fully saturated rings. The number of aromatic nitrogens is 1. The summed E-state index contributed by atoms with van der Waals surface area (Å²) in [6, 6.07) is 5.80. The standard InChI is InChI=1S/C35H44IN5O8S/c1-5-22-19-35(22,32(44)40-50(46,47)23-12-13-23)39-29(42)25-18-26-28(36)41(25)31(43)27(34(2,3)4)38-33(45)48-16-8-6-7-9-20-10-11-21-14-15-37-30(49-26)24(21)17-20/h5,10-11,14-15,17,22-23,25-28H,1,6-9,12-13,16,18-19H2,2-4H3,(H,38,45)(H,39,42)(H,40,44)/t22-,25+,26+,27-,28+,35-/m1/s1. The third-order valence-electron chi connectivity index (χ3n) is 9.94. The van der Waals surface area contributed by atoms with Crippen LogP contribution in [0.2, 0.25) is 0 Å². The molecule has 2 aromatic rings. The number of cyclic esters (lactones) is 1. The zero-order valence-corrected chi connectivity index (χ0v) is 31.4. The van der Waals surface area contributed by atoms with E-state index in [4.69, 9.17) is 9.47 Å². The molecule has 2 aliphatic heterocycles. The van der Waals surface area contributed by atoms with Crippen molar-refractivity contribution in [1.82, 2.24) is 25.2 Å². The molecule has 0 radical (unpaired) electrons. The van der Waals surface area contributed by atoms with Crippen molar-refractivity contribution in [2.45, 2.75) is 105 Å². The lowest BCUT2D eigenvalue weighted by molar-refractivity contribution is -0.143. The second-order valence-corrected chi connectivity index (χ2v) is 18.0. The van der Waals surface area contributed by atoms with Gasteiger partial charge in [0.15, 0.2) is 0 Å². The van der Waals surface area contributed by atoms with Gasteiger partial charge in [0.05, 0.1) is 11.9 Å². The monoisotopic (exact) mass is 821 g/mol. The van der Waals surface area contributed by atoms with E-state index in [9.17, 15) is 27.6 Å². The van der Waals surface area contributed by atoms with Crippen molar-refractivity contribution in [2.24, 2.45) is 11.3 Å². The van der Waals surface area contributed by atoms with Crippen LogP contribution in [0.3, 0.4) is 0 Å². The SMILES string of the molecule is C=C[C@@H]1C[C@]1(NC(=O)[C@@H]1C[C@@H]2Oc3nccc4ccc(cc34)CCCCCOC(=O)N[C@@H](C(C)(C)C)C(=O)N1[C@@H]2I)C(=O)NS(=O)(=O)C1CC1. The molecule has 0 spiro atoms. The Morgan fingerprint density at radius 3 is 2.60 bits per heavy atom. The Balaban J connectivity index is 1.35. The molecule has 270 valence electrons. The number of nitrogens with one attached hydrogen (secondary N) is 3. The maximum absolute atomic E-state index is 14.6. The predicted octanol–water partition coefficient (Wildman–Crippen LogP) is 3.88. The van der Waals surface area contributed by atoms with Gasteiger partial charge in [-0.2, -0.15) is 0 Å². The quantitative estimate of drug-likeness (QED) is 0.169. The van der Waals surface area contributed by atoms with Gasteiger partial charge >= 0.3 is 6.09 Å². The zero-order valence-electron chi connectivity index (χ0n) is 28.4. The number of halogens is 1. The van der Waals surface area contributed by atoms with Crippen LogP contribution in [0.4, 0.5) is 4.79 Å². The van der Waals surface area contributed by atoms with Crippen molar-refractivity contribution >= 4 is 67.2 Å². The van der Waals surface area contributed by atoms with Crippen molar-refractivity contribution in [3.63, 3.8) is 0 Å². The first kappa shape index (κ1) is 36.3. The van der Waals surface area contributed by atoms with Crippen LogP contribution in [0.1, 0.15) is 71.3 Å². The van der Waals surface area contributed by atoms with Crippen molar-refractivity contribution in [1.29, 1.82) is 0 Å². The van der Waals surface area contributed by atoms with Gasteiger partial charge in [0.25, 0.3) is 5.91 Å². The van der Waals surface area contributed by atoms with E-state index in [1.807, 2.05) is 18.2 Å². The fourth-order valence-corrected chi connectivity index (χ4v) is 9.21. The molecule has 2 aliphatic carbocycles. The van der Waals surface area contributed by atoms with Gasteiger partial charge in [-0.3, -0.25) is 19.1 Å². The van der Waals surface area contributed by atoms with Gasteiger partial charge in [-0.05, 0) is 73.4 Å².